The molecule has 6 nitrogen and oxygen atoms in total. The molecular formula is C17H17N3O3. The molecule has 0 aromatic heterocycles. The highest BCUT2D eigenvalue weighted by Gasteiger charge is 2.10. The molecule has 2 aromatic rings. The number of hydrogen-bond donors (Lipinski definition) is 2. The lowest BCUT2D eigenvalue weighted by atomic mass is 10.1. The molecule has 0 spiro atoms. The normalized spacial score (nSPS) is 10.9. The SMILES string of the molecule is C/C(=N/NC(=O)C(N)=O)c1ccccc1OCc1ccccc1. The summed E-state index contributed by atoms with van der Waals surface area (Å²) in [6, 6.07) is 17.1. The Balaban J connectivity index is 2.12. The quantitative estimate of drug-likeness (QED) is 0.499. The summed E-state index contributed by atoms with van der Waals surface area (Å²) in [5, 5.41) is 3.87. The first-order chi connectivity index (χ1) is 11.1. The number of nitrogens with zero attached hydrogens (tertiary/aromatic N) is 1. The zero-order chi connectivity index (χ0) is 16.7. The molecule has 118 valence electrons. The molecule has 2 amide bonds. The van der Waals surface area contributed by atoms with Crippen molar-refractivity contribution in [2.24, 2.45) is 10.8 Å². The minimum Gasteiger partial charge on any atom is -0.488 e. The van der Waals surface area contributed by atoms with Crippen molar-refractivity contribution in [2.75, 3.05) is 0 Å². The number of amides is 2. The van der Waals surface area contributed by atoms with Gasteiger partial charge in [0, 0.05) is 5.56 Å². The zero-order valence-electron chi connectivity index (χ0n) is 12.7. The molecule has 23 heavy (non-hydrogen) atoms. The Morgan fingerprint density at radius 2 is 1.74 bits per heavy atom. The molecule has 0 aliphatic rings. The first kappa shape index (κ1) is 16.2. The third kappa shape index (κ3) is 4.67. The van der Waals surface area contributed by atoms with Gasteiger partial charge in [0.15, 0.2) is 0 Å². The summed E-state index contributed by atoms with van der Waals surface area (Å²) in [6.07, 6.45) is 0. The van der Waals surface area contributed by atoms with Crippen LogP contribution in [-0.4, -0.2) is 17.5 Å². The molecule has 0 saturated carbocycles. The van der Waals surface area contributed by atoms with Crippen LogP contribution in [0.25, 0.3) is 0 Å². The van der Waals surface area contributed by atoms with Crippen LogP contribution in [-0.2, 0) is 16.2 Å². The average molecular weight is 311 g/mol. The maximum absolute atomic E-state index is 11.2. The van der Waals surface area contributed by atoms with E-state index in [0.29, 0.717) is 23.6 Å². The summed E-state index contributed by atoms with van der Waals surface area (Å²) in [4.78, 5) is 21.8. The molecule has 0 aliphatic heterocycles. The lowest BCUT2D eigenvalue weighted by molar-refractivity contribution is -0.137. The van der Waals surface area contributed by atoms with Gasteiger partial charge in [0.2, 0.25) is 0 Å². The Hall–Kier alpha value is -3.15. The first-order valence-corrected chi connectivity index (χ1v) is 6.98. The van der Waals surface area contributed by atoms with E-state index in [0.717, 1.165) is 5.56 Å². The molecule has 6 heteroatoms. The number of benzene rings is 2. The molecule has 0 bridgehead atoms. The maximum atomic E-state index is 11.2. The van der Waals surface area contributed by atoms with E-state index in [-0.39, 0.29) is 0 Å². The van der Waals surface area contributed by atoms with Crippen LogP contribution in [0.4, 0.5) is 0 Å². The van der Waals surface area contributed by atoms with E-state index in [4.69, 9.17) is 10.5 Å². The fourth-order valence-corrected chi connectivity index (χ4v) is 1.88. The summed E-state index contributed by atoms with van der Waals surface area (Å²) in [6.45, 7) is 2.12. The van der Waals surface area contributed by atoms with E-state index < -0.39 is 11.8 Å². The van der Waals surface area contributed by atoms with Gasteiger partial charge in [0.1, 0.15) is 12.4 Å². The average Bonchev–Trinajstić information content (AvgIpc) is 2.58. The van der Waals surface area contributed by atoms with E-state index in [1.54, 1.807) is 6.92 Å². The highest BCUT2D eigenvalue weighted by atomic mass is 16.5. The number of ether oxygens (including phenoxy) is 1. The Labute approximate surface area is 134 Å². The predicted octanol–water partition coefficient (Wildman–Crippen LogP) is 1.59. The van der Waals surface area contributed by atoms with Gasteiger partial charge in [-0.15, -0.1) is 0 Å². The first-order valence-electron chi connectivity index (χ1n) is 6.98. The summed E-state index contributed by atoms with van der Waals surface area (Å²) >= 11 is 0. The topological polar surface area (TPSA) is 93.8 Å². The molecule has 0 aliphatic carbocycles. The Kier molecular flexibility index (Phi) is 5.46. The number of hydrogen-bond acceptors (Lipinski definition) is 4. The third-order valence-corrected chi connectivity index (χ3v) is 3.06. The summed E-state index contributed by atoms with van der Waals surface area (Å²) in [5.74, 6) is -1.42. The third-order valence-electron chi connectivity index (χ3n) is 3.06. The molecule has 0 radical (unpaired) electrons. The second-order valence-corrected chi connectivity index (χ2v) is 4.77. The Bertz CT molecular complexity index is 727. The van der Waals surface area contributed by atoms with E-state index in [2.05, 4.69) is 10.5 Å². The van der Waals surface area contributed by atoms with Gasteiger partial charge in [-0.05, 0) is 24.6 Å². The number of hydrazone groups is 1. The summed E-state index contributed by atoms with van der Waals surface area (Å²) in [7, 11) is 0. The van der Waals surface area contributed by atoms with E-state index in [1.807, 2.05) is 54.6 Å². The van der Waals surface area contributed by atoms with Gasteiger partial charge in [-0.2, -0.15) is 5.10 Å². The molecule has 0 unspecified atom stereocenters. The van der Waals surface area contributed by atoms with Crippen LogP contribution in [0.15, 0.2) is 59.7 Å². The highest BCUT2D eigenvalue weighted by Crippen LogP contribution is 2.20. The predicted molar refractivity (Wildman–Crippen MR) is 86.8 cm³/mol. The van der Waals surface area contributed by atoms with Crippen LogP contribution >= 0.6 is 0 Å². The Morgan fingerprint density at radius 3 is 2.43 bits per heavy atom. The fraction of sp³-hybridized carbons (Fsp3) is 0.118. The van der Waals surface area contributed by atoms with Crippen LogP contribution < -0.4 is 15.9 Å². The standard InChI is InChI=1S/C17H17N3O3/c1-12(19-20-17(22)16(18)21)14-9-5-6-10-15(14)23-11-13-7-3-2-4-8-13/h2-10H,11H2,1H3,(H2,18,21)(H,20,22)/b19-12-. The number of rotatable bonds is 5. The van der Waals surface area contributed by atoms with Crippen LogP contribution in [0, 0.1) is 0 Å². The van der Waals surface area contributed by atoms with E-state index in [9.17, 15) is 9.59 Å². The van der Waals surface area contributed by atoms with Gasteiger partial charge in [0.25, 0.3) is 0 Å². The lowest BCUT2D eigenvalue weighted by Gasteiger charge is -2.11. The van der Waals surface area contributed by atoms with E-state index in [1.165, 1.54) is 0 Å². The van der Waals surface area contributed by atoms with Crippen molar-refractivity contribution in [2.45, 2.75) is 13.5 Å². The van der Waals surface area contributed by atoms with Gasteiger partial charge in [-0.25, -0.2) is 5.43 Å². The smallest absolute Gasteiger partial charge is 0.329 e. The number of nitrogens with two attached hydrogens (primary N) is 1. The number of nitrogens with one attached hydrogen (secondary N) is 1. The van der Waals surface area contributed by atoms with Gasteiger partial charge < -0.3 is 10.5 Å². The molecule has 2 aromatic carbocycles. The molecule has 0 saturated heterocycles. The molecule has 0 fully saturated rings. The van der Waals surface area contributed by atoms with Gasteiger partial charge in [-0.1, -0.05) is 42.5 Å². The highest BCUT2D eigenvalue weighted by molar-refractivity contribution is 6.34. The van der Waals surface area contributed by atoms with Gasteiger partial charge in [-0.3, -0.25) is 9.59 Å². The number of para-hydroxylation sites is 1. The second kappa shape index (κ2) is 7.74. The van der Waals surface area contributed by atoms with Crippen LogP contribution in [0.5, 0.6) is 5.75 Å². The van der Waals surface area contributed by atoms with Crippen molar-refractivity contribution < 1.29 is 14.3 Å². The summed E-state index contributed by atoms with van der Waals surface area (Å²) < 4.78 is 5.81. The van der Waals surface area contributed by atoms with Gasteiger partial charge in [0.05, 0.1) is 5.71 Å². The van der Waals surface area contributed by atoms with Crippen molar-refractivity contribution in [3.63, 3.8) is 0 Å². The van der Waals surface area contributed by atoms with Gasteiger partial charge >= 0.3 is 11.8 Å². The van der Waals surface area contributed by atoms with Crippen molar-refractivity contribution in [3.05, 3.63) is 65.7 Å². The minimum absolute atomic E-state index is 0.415. The van der Waals surface area contributed by atoms with Crippen molar-refractivity contribution in [1.82, 2.24) is 5.43 Å². The Morgan fingerprint density at radius 1 is 1.09 bits per heavy atom. The van der Waals surface area contributed by atoms with Crippen molar-refractivity contribution >= 4 is 17.5 Å². The molecule has 2 rings (SSSR count). The second-order valence-electron chi connectivity index (χ2n) is 4.77. The van der Waals surface area contributed by atoms with Crippen LogP contribution in [0.3, 0.4) is 0 Å². The maximum Gasteiger partial charge on any atom is 0.329 e. The van der Waals surface area contributed by atoms with E-state index >= 15 is 0 Å². The summed E-state index contributed by atoms with van der Waals surface area (Å²) in [5.41, 5.74) is 9.22. The zero-order valence-corrected chi connectivity index (χ0v) is 12.7. The number of carbonyl (C=O) groups excluding carboxylic acids is 2. The molecule has 0 heterocycles. The monoisotopic (exact) mass is 311 g/mol. The number of carbonyl (C=O) groups is 2. The molecule has 3 N–H and O–H groups in total. The van der Waals surface area contributed by atoms with Crippen molar-refractivity contribution in [3.8, 4) is 5.75 Å². The number of primary amides is 1. The minimum atomic E-state index is -1.09. The largest absolute Gasteiger partial charge is 0.488 e. The molecular weight excluding hydrogens is 294 g/mol. The van der Waals surface area contributed by atoms with Crippen molar-refractivity contribution in [1.29, 1.82) is 0 Å². The van der Waals surface area contributed by atoms with Crippen LogP contribution in [0.2, 0.25) is 0 Å². The van der Waals surface area contributed by atoms with Crippen LogP contribution in [0.1, 0.15) is 18.1 Å². The lowest BCUT2D eigenvalue weighted by Crippen LogP contribution is -2.33. The molecule has 0 atom stereocenters. The fourth-order valence-electron chi connectivity index (χ4n) is 1.88.